The molecule has 6 nitrogen and oxygen atoms in total. The van der Waals surface area contributed by atoms with E-state index in [4.69, 9.17) is 9.47 Å². The number of ketones is 1. The number of esters is 2. The number of piperidine rings is 1. The Bertz CT molecular complexity index is 945. The third kappa shape index (κ3) is 2.10. The van der Waals surface area contributed by atoms with Gasteiger partial charge in [0, 0.05) is 49.6 Å². The number of ether oxygens (including phenoxy) is 2. The highest BCUT2D eigenvalue weighted by Crippen LogP contribution is 2.83. The molecule has 0 aromatic carbocycles. The van der Waals surface area contributed by atoms with Gasteiger partial charge in [-0.15, -0.1) is 0 Å². The van der Waals surface area contributed by atoms with Crippen LogP contribution in [-0.2, 0) is 23.9 Å². The van der Waals surface area contributed by atoms with E-state index in [0.29, 0.717) is 18.3 Å². The summed E-state index contributed by atoms with van der Waals surface area (Å²) in [5, 5.41) is 0. The third-order valence-electron chi connectivity index (χ3n) is 10.9. The predicted octanol–water partition coefficient (Wildman–Crippen LogP) is 3.14. The molecule has 10 atom stereocenters. The summed E-state index contributed by atoms with van der Waals surface area (Å²) in [7, 11) is 0. The SMILES string of the molecule is C=C1[C@H]2C[C@]3([C@@H]1OC(C)=O)[C@@H](CC2=O)[C@@]12[C@@H](OC(C)=O)CC[C@@]4(C)CN(CC)[C@H]1[C@@H]3C[C@@H]42. The Morgan fingerprint density at radius 3 is 2.56 bits per heavy atom. The van der Waals surface area contributed by atoms with Crippen LogP contribution < -0.4 is 0 Å². The van der Waals surface area contributed by atoms with Crippen LogP contribution in [0.3, 0.4) is 0 Å². The molecule has 0 aromatic rings. The minimum absolute atomic E-state index is 0.0643. The Hall–Kier alpha value is -1.69. The second-order valence-corrected chi connectivity index (χ2v) is 11.8. The molecule has 0 radical (unpaired) electrons. The minimum Gasteiger partial charge on any atom is -0.462 e. The van der Waals surface area contributed by atoms with Crippen LogP contribution in [0.5, 0.6) is 0 Å². The van der Waals surface area contributed by atoms with Crippen molar-refractivity contribution < 1.29 is 23.9 Å². The van der Waals surface area contributed by atoms with Crippen LogP contribution in [0.25, 0.3) is 0 Å². The molecule has 6 rings (SSSR count). The molecule has 0 N–H and O–H groups in total. The molecule has 0 aromatic heterocycles. The lowest BCUT2D eigenvalue weighted by atomic mass is 9.43. The summed E-state index contributed by atoms with van der Waals surface area (Å²) >= 11 is 0. The molecule has 0 amide bonds. The highest BCUT2D eigenvalue weighted by molar-refractivity contribution is 5.87. The molecular weight excluding hydrogens is 406 g/mol. The Morgan fingerprint density at radius 2 is 1.91 bits per heavy atom. The van der Waals surface area contributed by atoms with E-state index in [-0.39, 0.29) is 57.9 Å². The molecule has 6 fully saturated rings. The van der Waals surface area contributed by atoms with Gasteiger partial charge in [0.1, 0.15) is 18.0 Å². The van der Waals surface area contributed by atoms with Crippen molar-refractivity contribution in [3.63, 3.8) is 0 Å². The lowest BCUT2D eigenvalue weighted by Crippen LogP contribution is -2.69. The lowest BCUT2D eigenvalue weighted by Gasteiger charge is -2.65. The number of carbonyl (C=O) groups is 3. The van der Waals surface area contributed by atoms with Crippen molar-refractivity contribution >= 4 is 17.7 Å². The van der Waals surface area contributed by atoms with Gasteiger partial charge in [-0.2, -0.15) is 0 Å². The first-order valence-electron chi connectivity index (χ1n) is 12.4. The molecule has 2 spiro atoms. The fourth-order valence-corrected chi connectivity index (χ4v) is 10.4. The summed E-state index contributed by atoms with van der Waals surface area (Å²) < 4.78 is 12.2. The van der Waals surface area contributed by atoms with Gasteiger partial charge in [0.15, 0.2) is 0 Å². The first-order chi connectivity index (χ1) is 15.1. The van der Waals surface area contributed by atoms with Crippen LogP contribution in [-0.4, -0.2) is 54.0 Å². The van der Waals surface area contributed by atoms with Crippen molar-refractivity contribution in [2.24, 2.45) is 39.9 Å². The maximum absolute atomic E-state index is 13.4. The van der Waals surface area contributed by atoms with Crippen molar-refractivity contribution in [3.05, 3.63) is 12.2 Å². The predicted molar refractivity (Wildman–Crippen MR) is 116 cm³/mol. The molecule has 0 unspecified atom stereocenters. The van der Waals surface area contributed by atoms with E-state index in [1.807, 2.05) is 0 Å². The average molecular weight is 442 g/mol. The van der Waals surface area contributed by atoms with Gasteiger partial charge < -0.3 is 9.47 Å². The normalized spacial score (nSPS) is 52.7. The molecule has 7 bridgehead atoms. The third-order valence-corrected chi connectivity index (χ3v) is 10.9. The fourth-order valence-electron chi connectivity index (χ4n) is 10.4. The van der Waals surface area contributed by atoms with Crippen LogP contribution in [0.2, 0.25) is 0 Å². The van der Waals surface area contributed by atoms with Gasteiger partial charge >= 0.3 is 11.9 Å². The molecule has 5 saturated carbocycles. The van der Waals surface area contributed by atoms with E-state index in [0.717, 1.165) is 44.3 Å². The number of rotatable bonds is 3. The van der Waals surface area contributed by atoms with E-state index in [1.54, 1.807) is 0 Å². The van der Waals surface area contributed by atoms with Gasteiger partial charge in [-0.25, -0.2) is 0 Å². The molecule has 1 saturated heterocycles. The Labute approximate surface area is 190 Å². The van der Waals surface area contributed by atoms with Gasteiger partial charge in [-0.1, -0.05) is 20.4 Å². The monoisotopic (exact) mass is 441 g/mol. The van der Waals surface area contributed by atoms with Crippen LogP contribution in [0.4, 0.5) is 0 Å². The first kappa shape index (κ1) is 20.9. The maximum Gasteiger partial charge on any atom is 0.303 e. The highest BCUT2D eigenvalue weighted by Gasteiger charge is 2.86. The van der Waals surface area contributed by atoms with Gasteiger partial charge in [-0.05, 0) is 61.0 Å². The van der Waals surface area contributed by atoms with Crippen LogP contribution in [0, 0.1) is 39.9 Å². The van der Waals surface area contributed by atoms with E-state index in [2.05, 4.69) is 25.3 Å². The number of Topliss-reactive ketones (excluding diaryl/α,β-unsaturated/α-hetero) is 1. The fraction of sp³-hybridized carbons (Fsp3) is 0.808. The zero-order chi connectivity index (χ0) is 22.8. The van der Waals surface area contributed by atoms with Gasteiger partial charge in [0.2, 0.25) is 0 Å². The summed E-state index contributed by atoms with van der Waals surface area (Å²) in [6.45, 7) is 13.9. The van der Waals surface area contributed by atoms with Gasteiger partial charge in [-0.3, -0.25) is 19.3 Å². The largest absolute Gasteiger partial charge is 0.462 e. The second kappa shape index (κ2) is 6.25. The molecule has 174 valence electrons. The van der Waals surface area contributed by atoms with E-state index in [9.17, 15) is 14.4 Å². The van der Waals surface area contributed by atoms with Crippen molar-refractivity contribution in [2.75, 3.05) is 13.1 Å². The molecular formula is C26H35NO5. The van der Waals surface area contributed by atoms with Crippen LogP contribution in [0.1, 0.15) is 59.8 Å². The summed E-state index contributed by atoms with van der Waals surface area (Å²) in [5.74, 6) is 0.322. The summed E-state index contributed by atoms with van der Waals surface area (Å²) in [6, 6.07) is 0.260. The quantitative estimate of drug-likeness (QED) is 0.495. The number of nitrogens with zero attached hydrogens (tertiary/aromatic N) is 1. The van der Waals surface area contributed by atoms with Gasteiger partial charge in [0.25, 0.3) is 0 Å². The maximum atomic E-state index is 13.4. The topological polar surface area (TPSA) is 72.9 Å². The molecule has 1 heterocycles. The summed E-state index contributed by atoms with van der Waals surface area (Å²) in [5.41, 5.74) is 0.446. The summed E-state index contributed by atoms with van der Waals surface area (Å²) in [4.78, 5) is 40.5. The molecule has 32 heavy (non-hydrogen) atoms. The first-order valence-corrected chi connectivity index (χ1v) is 12.4. The summed E-state index contributed by atoms with van der Waals surface area (Å²) in [6.07, 6.45) is 3.62. The van der Waals surface area contributed by atoms with Crippen molar-refractivity contribution in [3.8, 4) is 0 Å². The average Bonchev–Trinajstić information content (AvgIpc) is 3.24. The zero-order valence-electron chi connectivity index (χ0n) is 19.7. The number of likely N-dealkylation sites (tertiary alicyclic amines) is 1. The van der Waals surface area contributed by atoms with Crippen molar-refractivity contribution in [1.29, 1.82) is 0 Å². The smallest absolute Gasteiger partial charge is 0.303 e. The Morgan fingerprint density at radius 1 is 1.19 bits per heavy atom. The van der Waals surface area contributed by atoms with Crippen LogP contribution >= 0.6 is 0 Å². The second-order valence-electron chi connectivity index (χ2n) is 11.8. The minimum atomic E-state index is -0.405. The van der Waals surface area contributed by atoms with E-state index >= 15 is 0 Å². The zero-order valence-corrected chi connectivity index (χ0v) is 19.7. The standard InChI is InChI=1S/C26H35NO5/c1-6-27-12-24(5)8-7-21(31-14(3)28)26-19(24)9-17(22(26)27)25-11-16(18(30)10-20(25)26)13(2)23(25)32-15(4)29/h16-17,19-23H,2,6-12H2,1,3-5H3/t16-,17+,19+,20-,21+,22+,23-,24+,25-,26+/m1/s1. The highest BCUT2D eigenvalue weighted by atomic mass is 16.5. The number of fused-ring (bicyclic) bond motifs is 1. The van der Waals surface area contributed by atoms with Crippen molar-refractivity contribution in [2.45, 2.75) is 78.0 Å². The Kier molecular flexibility index (Phi) is 4.08. The number of hydrogen-bond donors (Lipinski definition) is 0. The van der Waals surface area contributed by atoms with Crippen molar-refractivity contribution in [1.82, 2.24) is 4.90 Å². The lowest BCUT2D eigenvalue weighted by molar-refractivity contribution is -0.224. The van der Waals surface area contributed by atoms with E-state index < -0.39 is 6.10 Å². The van der Waals surface area contributed by atoms with Gasteiger partial charge in [0.05, 0.1) is 0 Å². The van der Waals surface area contributed by atoms with Crippen LogP contribution in [0.15, 0.2) is 12.2 Å². The molecule has 1 aliphatic heterocycles. The molecule has 6 heteroatoms. The molecule has 5 aliphatic carbocycles. The molecule has 6 aliphatic rings. The number of hydrogen-bond acceptors (Lipinski definition) is 6. The Balaban J connectivity index is 1.59. The van der Waals surface area contributed by atoms with E-state index in [1.165, 1.54) is 13.8 Å². The number of carbonyl (C=O) groups excluding carboxylic acids is 3.